The zero-order chi connectivity index (χ0) is 17.1. The third-order valence-electron chi connectivity index (χ3n) is 3.56. The van der Waals surface area contributed by atoms with Gasteiger partial charge < -0.3 is 9.84 Å². The quantitative estimate of drug-likeness (QED) is 0.732. The number of hydrogen-bond donors (Lipinski definition) is 1. The van der Waals surface area contributed by atoms with Crippen LogP contribution in [0.1, 0.15) is 26.5 Å². The maximum atomic E-state index is 11.2. The van der Waals surface area contributed by atoms with Crippen molar-refractivity contribution < 1.29 is 14.6 Å². The average molecular weight is 339 g/mol. The molecule has 0 saturated carbocycles. The molecule has 0 spiro atoms. The molecule has 0 aliphatic rings. The predicted molar refractivity (Wildman–Crippen MR) is 94.8 cm³/mol. The molecule has 122 valence electrons. The van der Waals surface area contributed by atoms with Gasteiger partial charge in [-0.15, -0.1) is 11.3 Å². The van der Waals surface area contributed by atoms with Crippen LogP contribution in [0.25, 0.3) is 10.6 Å². The first kappa shape index (κ1) is 16.2. The molecule has 1 N–H and O–H groups in total. The zero-order valence-corrected chi connectivity index (χ0v) is 14.3. The minimum Gasteiger partial charge on any atom is -0.489 e. The van der Waals surface area contributed by atoms with Gasteiger partial charge in [-0.1, -0.05) is 30.3 Å². The van der Waals surface area contributed by atoms with Crippen molar-refractivity contribution in [2.24, 2.45) is 0 Å². The van der Waals surface area contributed by atoms with Crippen molar-refractivity contribution >= 4 is 17.3 Å². The summed E-state index contributed by atoms with van der Waals surface area (Å²) in [6.45, 7) is 4.19. The molecule has 4 nitrogen and oxygen atoms in total. The summed E-state index contributed by atoms with van der Waals surface area (Å²) in [5.74, 6) is -0.103. The second kappa shape index (κ2) is 6.84. The minimum atomic E-state index is -0.935. The zero-order valence-electron chi connectivity index (χ0n) is 13.4. The van der Waals surface area contributed by atoms with Gasteiger partial charge in [0.15, 0.2) is 0 Å². The average Bonchev–Trinajstić information content (AvgIpc) is 2.95. The maximum absolute atomic E-state index is 11.2. The smallest absolute Gasteiger partial charge is 0.347 e. The van der Waals surface area contributed by atoms with Gasteiger partial charge >= 0.3 is 5.97 Å². The summed E-state index contributed by atoms with van der Waals surface area (Å²) in [5.41, 5.74) is 3.62. The second-order valence-electron chi connectivity index (χ2n) is 5.54. The van der Waals surface area contributed by atoms with Crippen molar-refractivity contribution in [3.05, 3.63) is 70.2 Å². The van der Waals surface area contributed by atoms with E-state index >= 15 is 0 Å². The van der Waals surface area contributed by atoms with E-state index in [1.807, 2.05) is 55.5 Å². The number of carbonyl (C=O) groups is 1. The molecule has 24 heavy (non-hydrogen) atoms. The first-order valence-electron chi connectivity index (χ1n) is 7.52. The Morgan fingerprint density at radius 3 is 2.67 bits per heavy atom. The third-order valence-corrected chi connectivity index (χ3v) is 4.75. The van der Waals surface area contributed by atoms with Gasteiger partial charge in [-0.3, -0.25) is 0 Å². The lowest BCUT2D eigenvalue weighted by molar-refractivity contribution is 0.0701. The van der Waals surface area contributed by atoms with Gasteiger partial charge in [0.25, 0.3) is 0 Å². The Bertz CT molecular complexity index is 886. The van der Waals surface area contributed by atoms with Crippen molar-refractivity contribution in [3.8, 4) is 16.3 Å². The first-order valence-corrected chi connectivity index (χ1v) is 8.34. The van der Waals surface area contributed by atoms with Crippen molar-refractivity contribution in [1.82, 2.24) is 4.98 Å². The second-order valence-corrected chi connectivity index (χ2v) is 6.54. The highest BCUT2D eigenvalue weighted by Gasteiger charge is 2.15. The third kappa shape index (κ3) is 3.63. The Hall–Kier alpha value is -2.66. The van der Waals surface area contributed by atoms with Crippen LogP contribution in [0, 0.1) is 13.8 Å². The fourth-order valence-electron chi connectivity index (χ4n) is 2.38. The van der Waals surface area contributed by atoms with Gasteiger partial charge in [-0.2, -0.15) is 0 Å². The molecule has 0 aliphatic carbocycles. The highest BCUT2D eigenvalue weighted by Crippen LogP contribution is 2.28. The number of aromatic carboxylic acids is 1. The van der Waals surface area contributed by atoms with E-state index in [-0.39, 0.29) is 4.88 Å². The van der Waals surface area contributed by atoms with E-state index in [4.69, 9.17) is 9.84 Å². The number of nitrogens with zero attached hydrogens (tertiary/aromatic N) is 1. The number of hydrogen-bond acceptors (Lipinski definition) is 4. The van der Waals surface area contributed by atoms with Crippen LogP contribution in [-0.4, -0.2) is 16.1 Å². The van der Waals surface area contributed by atoms with Gasteiger partial charge in [0, 0.05) is 5.56 Å². The maximum Gasteiger partial charge on any atom is 0.347 e. The molecule has 0 amide bonds. The van der Waals surface area contributed by atoms with E-state index in [1.54, 1.807) is 6.92 Å². The van der Waals surface area contributed by atoms with Crippen LogP contribution in [0.2, 0.25) is 0 Å². The van der Waals surface area contributed by atoms with Crippen molar-refractivity contribution in [2.75, 3.05) is 0 Å². The highest BCUT2D eigenvalue weighted by molar-refractivity contribution is 7.17. The molecular formula is C19H17NO3S. The van der Waals surface area contributed by atoms with Gasteiger partial charge in [-0.25, -0.2) is 9.78 Å². The number of carboxylic acids is 1. The summed E-state index contributed by atoms with van der Waals surface area (Å²) < 4.78 is 5.82. The Labute approximate surface area is 144 Å². The van der Waals surface area contributed by atoms with Crippen LogP contribution in [0.15, 0.2) is 48.5 Å². The molecule has 0 atom stereocenters. The van der Waals surface area contributed by atoms with E-state index in [0.29, 0.717) is 17.3 Å². The normalized spacial score (nSPS) is 10.6. The number of rotatable bonds is 5. The van der Waals surface area contributed by atoms with Crippen LogP contribution in [0.5, 0.6) is 5.75 Å². The molecule has 0 bridgehead atoms. The summed E-state index contributed by atoms with van der Waals surface area (Å²) in [5, 5.41) is 9.87. The van der Waals surface area contributed by atoms with Crippen LogP contribution in [0.3, 0.4) is 0 Å². The van der Waals surface area contributed by atoms with Crippen molar-refractivity contribution in [3.63, 3.8) is 0 Å². The number of thiazole rings is 1. The minimum absolute atomic E-state index is 0.284. The number of aryl methyl sites for hydroxylation is 2. The Balaban J connectivity index is 1.79. The van der Waals surface area contributed by atoms with Crippen molar-refractivity contribution in [1.29, 1.82) is 0 Å². The van der Waals surface area contributed by atoms with E-state index in [0.717, 1.165) is 22.4 Å². The molecule has 3 rings (SSSR count). The molecule has 0 saturated heterocycles. The summed E-state index contributed by atoms with van der Waals surface area (Å²) in [6.07, 6.45) is 0. The van der Waals surface area contributed by atoms with Gasteiger partial charge in [0.05, 0.1) is 5.69 Å². The van der Waals surface area contributed by atoms with E-state index < -0.39 is 5.97 Å². The van der Waals surface area contributed by atoms with Gasteiger partial charge in [0.2, 0.25) is 0 Å². The summed E-state index contributed by atoms with van der Waals surface area (Å²) in [7, 11) is 0. The lowest BCUT2D eigenvalue weighted by atomic mass is 10.1. The number of benzene rings is 2. The molecular weight excluding hydrogens is 322 g/mol. The van der Waals surface area contributed by atoms with Gasteiger partial charge in [0.1, 0.15) is 22.2 Å². The summed E-state index contributed by atoms with van der Waals surface area (Å²) in [6, 6.07) is 15.7. The monoisotopic (exact) mass is 339 g/mol. The number of carboxylic acid groups (broad SMARTS) is 1. The van der Waals surface area contributed by atoms with E-state index in [9.17, 15) is 4.79 Å². The summed E-state index contributed by atoms with van der Waals surface area (Å²) >= 11 is 1.19. The predicted octanol–water partition coefficient (Wildman–Crippen LogP) is 4.70. The largest absolute Gasteiger partial charge is 0.489 e. The molecule has 0 fully saturated rings. The number of ether oxygens (including phenoxy) is 1. The van der Waals surface area contributed by atoms with E-state index in [2.05, 4.69) is 4.98 Å². The summed E-state index contributed by atoms with van der Waals surface area (Å²) in [4.78, 5) is 15.8. The molecule has 0 aliphatic heterocycles. The molecule has 0 unspecified atom stereocenters. The molecule has 5 heteroatoms. The van der Waals surface area contributed by atoms with Crippen LogP contribution in [-0.2, 0) is 6.61 Å². The lowest BCUT2D eigenvalue weighted by Crippen LogP contribution is -1.95. The topological polar surface area (TPSA) is 59.4 Å². The van der Waals surface area contributed by atoms with Crippen LogP contribution in [0.4, 0.5) is 0 Å². The standard InChI is InChI=1S/C19H17NO3S/c1-12-5-3-8-16(9-12)23-11-14-6-4-7-15(10-14)18-20-13(2)17(24-18)19(21)22/h3-10H,11H2,1-2H3,(H,21,22). The fraction of sp³-hybridized carbons (Fsp3) is 0.158. The Morgan fingerprint density at radius 2 is 1.96 bits per heavy atom. The molecule has 2 aromatic carbocycles. The number of aromatic nitrogens is 1. The Morgan fingerprint density at radius 1 is 1.17 bits per heavy atom. The van der Waals surface area contributed by atoms with Gasteiger partial charge in [-0.05, 0) is 43.2 Å². The van der Waals surface area contributed by atoms with Crippen LogP contribution < -0.4 is 4.74 Å². The fourth-order valence-corrected chi connectivity index (χ4v) is 3.29. The SMILES string of the molecule is Cc1cccc(OCc2cccc(-c3nc(C)c(C(=O)O)s3)c2)c1. The molecule has 1 heterocycles. The first-order chi connectivity index (χ1) is 11.5. The molecule has 1 aromatic heterocycles. The highest BCUT2D eigenvalue weighted by atomic mass is 32.1. The molecule has 0 radical (unpaired) electrons. The molecule has 3 aromatic rings. The lowest BCUT2D eigenvalue weighted by Gasteiger charge is -2.08. The van der Waals surface area contributed by atoms with Crippen molar-refractivity contribution in [2.45, 2.75) is 20.5 Å². The Kier molecular flexibility index (Phi) is 4.62. The van der Waals surface area contributed by atoms with E-state index in [1.165, 1.54) is 11.3 Å². The van der Waals surface area contributed by atoms with Crippen LogP contribution >= 0.6 is 11.3 Å².